The Morgan fingerprint density at radius 2 is 1.69 bits per heavy atom. The topological polar surface area (TPSA) is 94.1 Å². The number of H-pyrrole nitrogens is 1. The first-order chi connectivity index (χ1) is 17.3. The van der Waals surface area contributed by atoms with Crippen LogP contribution in [0.5, 0.6) is 0 Å². The zero-order chi connectivity index (χ0) is 24.7. The Bertz CT molecular complexity index is 1140. The molecule has 2 saturated carbocycles. The number of hydrogen-bond donors (Lipinski definition) is 1. The number of carbonyl (C=O) groups is 1. The maximum absolute atomic E-state index is 12.9. The molecule has 1 spiro atoms. The zero-order valence-electron chi connectivity index (χ0n) is 19.9. The molecule has 5 fully saturated rings. The Hall–Kier alpha value is -2.92. The maximum atomic E-state index is 12.9. The van der Waals surface area contributed by atoms with E-state index in [1.165, 1.54) is 12.8 Å². The molecular formula is C24H29F3N8O. The molecule has 3 saturated heterocycles. The maximum Gasteiger partial charge on any atom is 0.393 e. The van der Waals surface area contributed by atoms with Crippen LogP contribution in [0.4, 0.5) is 23.9 Å². The lowest BCUT2D eigenvalue weighted by atomic mass is 9.57. The van der Waals surface area contributed by atoms with Crippen LogP contribution in [0.3, 0.4) is 0 Å². The fourth-order valence-electron chi connectivity index (χ4n) is 6.29. The van der Waals surface area contributed by atoms with Crippen LogP contribution in [0, 0.1) is 11.3 Å². The van der Waals surface area contributed by atoms with Gasteiger partial charge in [0, 0.05) is 74.8 Å². The van der Waals surface area contributed by atoms with Gasteiger partial charge in [-0.2, -0.15) is 18.3 Å². The number of halogens is 3. The molecule has 12 heteroatoms. The van der Waals surface area contributed by atoms with Crippen molar-refractivity contribution in [1.82, 2.24) is 34.9 Å². The van der Waals surface area contributed by atoms with Crippen LogP contribution in [0.2, 0.25) is 0 Å². The summed E-state index contributed by atoms with van der Waals surface area (Å²) in [5.41, 5.74) is 1.16. The molecule has 192 valence electrons. The molecule has 2 aliphatic carbocycles. The van der Waals surface area contributed by atoms with Crippen LogP contribution >= 0.6 is 0 Å². The van der Waals surface area contributed by atoms with Crippen LogP contribution in [-0.2, 0) is 0 Å². The first kappa shape index (κ1) is 22.3. The van der Waals surface area contributed by atoms with Gasteiger partial charge in [0.25, 0.3) is 0 Å². The Labute approximate surface area is 206 Å². The third-order valence-electron chi connectivity index (χ3n) is 8.75. The monoisotopic (exact) mass is 502 g/mol. The van der Waals surface area contributed by atoms with Crippen molar-refractivity contribution in [2.75, 3.05) is 44.2 Å². The van der Waals surface area contributed by atoms with E-state index in [1.54, 1.807) is 17.3 Å². The van der Waals surface area contributed by atoms with Crippen molar-refractivity contribution in [3.63, 3.8) is 0 Å². The second-order valence-electron chi connectivity index (χ2n) is 11.5. The van der Waals surface area contributed by atoms with Crippen LogP contribution in [-0.4, -0.2) is 86.4 Å². The number of amides is 2. The van der Waals surface area contributed by atoms with E-state index in [1.807, 2.05) is 9.80 Å². The number of rotatable bonds is 4. The Balaban J connectivity index is 0.866. The minimum atomic E-state index is -4.18. The first-order valence-electron chi connectivity index (χ1n) is 12.9. The molecule has 3 aliphatic heterocycles. The van der Waals surface area contributed by atoms with Crippen molar-refractivity contribution in [2.45, 2.75) is 56.0 Å². The molecule has 2 aromatic rings. The Morgan fingerprint density at radius 3 is 2.33 bits per heavy atom. The minimum Gasteiger partial charge on any atom is -0.340 e. The van der Waals surface area contributed by atoms with Gasteiger partial charge in [-0.15, -0.1) is 0 Å². The van der Waals surface area contributed by atoms with Crippen molar-refractivity contribution in [3.8, 4) is 0 Å². The smallest absolute Gasteiger partial charge is 0.340 e. The molecule has 0 bridgehead atoms. The number of carbonyl (C=O) groups excluding carboxylic acids is 1. The summed E-state index contributed by atoms with van der Waals surface area (Å²) in [4.78, 5) is 31.6. The van der Waals surface area contributed by atoms with E-state index in [4.69, 9.17) is 0 Å². The van der Waals surface area contributed by atoms with E-state index in [2.05, 4.69) is 25.1 Å². The van der Waals surface area contributed by atoms with Crippen LogP contribution in [0.25, 0.3) is 0 Å². The Kier molecular flexibility index (Phi) is 4.82. The molecule has 36 heavy (non-hydrogen) atoms. The van der Waals surface area contributed by atoms with Crippen molar-refractivity contribution in [1.29, 1.82) is 0 Å². The van der Waals surface area contributed by atoms with Crippen molar-refractivity contribution >= 4 is 12.0 Å². The number of aromatic amines is 1. The first-order valence-corrected chi connectivity index (χ1v) is 12.9. The molecule has 0 aromatic carbocycles. The summed E-state index contributed by atoms with van der Waals surface area (Å²) < 4.78 is 38.8. The Morgan fingerprint density at radius 1 is 0.972 bits per heavy atom. The highest BCUT2D eigenvalue weighted by molar-refractivity contribution is 5.77. The lowest BCUT2D eigenvalue weighted by Gasteiger charge is -2.59. The van der Waals surface area contributed by atoms with Gasteiger partial charge >= 0.3 is 12.2 Å². The SMILES string of the molecule is O=C(N1CC(c2cnc(N3CCC(C(F)(F)F)C3)nc2)C1)N1CC2(CC(c3n[nH]c(C4CC4)n3)C2)C1. The summed E-state index contributed by atoms with van der Waals surface area (Å²) in [6.07, 6.45) is 3.80. The lowest BCUT2D eigenvalue weighted by Crippen LogP contribution is -2.67. The number of urea groups is 1. The number of nitrogens with one attached hydrogen (secondary N) is 1. The average molecular weight is 503 g/mol. The van der Waals surface area contributed by atoms with Gasteiger partial charge in [0.2, 0.25) is 5.95 Å². The predicted octanol–water partition coefficient (Wildman–Crippen LogP) is 3.26. The number of anilines is 1. The molecule has 5 heterocycles. The summed E-state index contributed by atoms with van der Waals surface area (Å²) in [6.45, 7) is 3.06. The predicted molar refractivity (Wildman–Crippen MR) is 122 cm³/mol. The van der Waals surface area contributed by atoms with Gasteiger partial charge in [0.1, 0.15) is 5.82 Å². The van der Waals surface area contributed by atoms with E-state index < -0.39 is 12.1 Å². The molecule has 5 aliphatic rings. The molecule has 2 aromatic heterocycles. The molecule has 1 atom stereocenters. The van der Waals surface area contributed by atoms with E-state index in [0.717, 1.165) is 43.1 Å². The summed E-state index contributed by atoms with van der Waals surface area (Å²) >= 11 is 0. The lowest BCUT2D eigenvalue weighted by molar-refractivity contribution is -0.168. The second kappa shape index (κ2) is 7.79. The molecule has 1 N–H and O–H groups in total. The van der Waals surface area contributed by atoms with Crippen molar-refractivity contribution < 1.29 is 18.0 Å². The molecule has 0 radical (unpaired) electrons. The second-order valence-corrected chi connectivity index (χ2v) is 11.5. The molecule has 7 rings (SSSR count). The standard InChI is InChI=1S/C24H29F3N8O/c25-24(26,27)18-3-4-33(11-18)21-28-7-16(8-29-21)17-9-34(10-17)22(36)35-12-23(13-35)5-15(6-23)20-30-19(31-32-20)14-1-2-14/h7-8,14-15,17-18H,1-6,9-13H2,(H,30,31,32). The normalized spacial score (nSPS) is 26.2. The van der Waals surface area contributed by atoms with Gasteiger partial charge in [-0.1, -0.05) is 0 Å². The molecule has 9 nitrogen and oxygen atoms in total. The van der Waals surface area contributed by atoms with Gasteiger partial charge in [-0.3, -0.25) is 5.10 Å². The summed E-state index contributed by atoms with van der Waals surface area (Å²) in [5.74, 6) is 2.15. The third kappa shape index (κ3) is 3.80. The van der Waals surface area contributed by atoms with Crippen molar-refractivity contribution in [2.24, 2.45) is 11.3 Å². The van der Waals surface area contributed by atoms with Gasteiger partial charge in [0.05, 0.1) is 5.92 Å². The van der Waals surface area contributed by atoms with E-state index in [-0.39, 0.29) is 30.3 Å². The highest BCUT2D eigenvalue weighted by Gasteiger charge is 2.56. The zero-order valence-corrected chi connectivity index (χ0v) is 19.9. The number of nitrogens with zero attached hydrogens (tertiary/aromatic N) is 7. The van der Waals surface area contributed by atoms with E-state index >= 15 is 0 Å². The minimum absolute atomic E-state index is 0.0774. The highest BCUT2D eigenvalue weighted by atomic mass is 19.4. The van der Waals surface area contributed by atoms with Crippen molar-refractivity contribution in [3.05, 3.63) is 29.6 Å². The average Bonchev–Trinajstić information content (AvgIpc) is 3.27. The van der Waals surface area contributed by atoms with Crippen LogP contribution < -0.4 is 4.90 Å². The fourth-order valence-corrected chi connectivity index (χ4v) is 6.29. The molecule has 1 unspecified atom stereocenters. The summed E-state index contributed by atoms with van der Waals surface area (Å²) in [7, 11) is 0. The van der Waals surface area contributed by atoms with Gasteiger partial charge in [-0.05, 0) is 37.7 Å². The van der Waals surface area contributed by atoms with Crippen LogP contribution in [0.15, 0.2) is 12.4 Å². The van der Waals surface area contributed by atoms with E-state index in [9.17, 15) is 18.0 Å². The number of hydrogen-bond acceptors (Lipinski definition) is 6. The number of aromatic nitrogens is 5. The van der Waals surface area contributed by atoms with Gasteiger partial charge in [-0.25, -0.2) is 19.7 Å². The highest BCUT2D eigenvalue weighted by Crippen LogP contribution is 2.56. The molecular weight excluding hydrogens is 473 g/mol. The summed E-state index contributed by atoms with van der Waals surface area (Å²) in [6, 6.07) is 0.0852. The van der Waals surface area contributed by atoms with Gasteiger partial charge in [0.15, 0.2) is 5.82 Å². The quantitative estimate of drug-likeness (QED) is 0.690. The summed E-state index contributed by atoms with van der Waals surface area (Å²) in [5, 5.41) is 7.52. The van der Waals surface area contributed by atoms with Crippen LogP contribution in [0.1, 0.15) is 67.1 Å². The largest absolute Gasteiger partial charge is 0.393 e. The van der Waals surface area contributed by atoms with E-state index in [0.29, 0.717) is 37.4 Å². The fraction of sp³-hybridized carbons (Fsp3) is 0.708. The number of alkyl halides is 3. The third-order valence-corrected chi connectivity index (χ3v) is 8.75. The number of likely N-dealkylation sites (tertiary alicyclic amines) is 2. The molecule has 2 amide bonds. The van der Waals surface area contributed by atoms with Gasteiger partial charge < -0.3 is 14.7 Å².